The fourth-order valence-corrected chi connectivity index (χ4v) is 3.37. The summed E-state index contributed by atoms with van der Waals surface area (Å²) in [5.74, 6) is -1.49. The Kier molecular flexibility index (Phi) is 6.86. The lowest BCUT2D eigenvalue weighted by molar-refractivity contribution is -0.133. The summed E-state index contributed by atoms with van der Waals surface area (Å²) in [7, 11) is 0. The average Bonchev–Trinajstić information content (AvgIpc) is 2.61. The molecule has 27 heavy (non-hydrogen) atoms. The van der Waals surface area contributed by atoms with E-state index < -0.39 is 11.8 Å². The lowest BCUT2D eigenvalue weighted by Crippen LogP contribution is -2.30. The Morgan fingerprint density at radius 3 is 2.11 bits per heavy atom. The summed E-state index contributed by atoms with van der Waals surface area (Å²) in [5, 5.41) is 5.68. The highest BCUT2D eigenvalue weighted by Crippen LogP contribution is 2.27. The number of halogens is 1. The highest BCUT2D eigenvalue weighted by molar-refractivity contribution is 6.45. The van der Waals surface area contributed by atoms with Crippen molar-refractivity contribution in [3.8, 4) is 0 Å². The van der Waals surface area contributed by atoms with E-state index in [1.54, 1.807) is 6.07 Å². The lowest BCUT2D eigenvalue weighted by Gasteiger charge is -2.22. The van der Waals surface area contributed by atoms with Gasteiger partial charge in [0.05, 0.1) is 10.7 Å². The molecule has 0 aliphatic rings. The molecule has 2 aromatic carbocycles. The number of amides is 2. The van der Waals surface area contributed by atoms with Crippen molar-refractivity contribution in [1.82, 2.24) is 0 Å². The van der Waals surface area contributed by atoms with Crippen LogP contribution in [0.1, 0.15) is 30.5 Å². The van der Waals surface area contributed by atoms with Crippen LogP contribution in [0.4, 0.5) is 17.1 Å². The number of benzene rings is 2. The van der Waals surface area contributed by atoms with Gasteiger partial charge in [0.2, 0.25) is 0 Å². The molecule has 2 rings (SSSR count). The summed E-state index contributed by atoms with van der Waals surface area (Å²) in [6, 6.07) is 9.40. The topological polar surface area (TPSA) is 61.4 Å². The molecule has 0 fully saturated rings. The molecular formula is C21H26ClN3O2. The number of nitrogens with one attached hydrogen (secondary N) is 2. The van der Waals surface area contributed by atoms with Gasteiger partial charge in [-0.15, -0.1) is 0 Å². The Morgan fingerprint density at radius 1 is 0.926 bits per heavy atom. The quantitative estimate of drug-likeness (QED) is 0.731. The zero-order valence-corrected chi connectivity index (χ0v) is 17.2. The van der Waals surface area contributed by atoms with Gasteiger partial charge in [-0.3, -0.25) is 9.59 Å². The predicted molar refractivity (Wildman–Crippen MR) is 113 cm³/mol. The van der Waals surface area contributed by atoms with E-state index in [0.717, 1.165) is 35.5 Å². The van der Waals surface area contributed by atoms with Crippen LogP contribution in [0.15, 0.2) is 30.3 Å². The van der Waals surface area contributed by atoms with Crippen molar-refractivity contribution >= 4 is 40.5 Å². The normalized spacial score (nSPS) is 10.4. The van der Waals surface area contributed by atoms with Crippen LogP contribution in [0.25, 0.3) is 0 Å². The molecule has 6 heteroatoms. The van der Waals surface area contributed by atoms with Gasteiger partial charge in [0.1, 0.15) is 0 Å². The molecule has 144 valence electrons. The highest BCUT2D eigenvalue weighted by atomic mass is 35.5. The zero-order chi connectivity index (χ0) is 20.1. The molecule has 0 aliphatic carbocycles. The van der Waals surface area contributed by atoms with Gasteiger partial charge < -0.3 is 15.5 Å². The Balaban J connectivity index is 2.12. The number of aryl methyl sites for hydroxylation is 3. The van der Waals surface area contributed by atoms with Crippen LogP contribution in [-0.2, 0) is 9.59 Å². The summed E-state index contributed by atoms with van der Waals surface area (Å²) in [4.78, 5) is 26.8. The maximum absolute atomic E-state index is 12.3. The van der Waals surface area contributed by atoms with Gasteiger partial charge in [-0.1, -0.05) is 17.7 Å². The Labute approximate surface area is 165 Å². The second-order valence-corrected chi connectivity index (χ2v) is 6.93. The average molecular weight is 388 g/mol. The molecule has 0 aromatic heterocycles. The van der Waals surface area contributed by atoms with Crippen LogP contribution in [-0.4, -0.2) is 24.9 Å². The molecule has 2 amide bonds. The van der Waals surface area contributed by atoms with Crippen molar-refractivity contribution in [2.24, 2.45) is 0 Å². The van der Waals surface area contributed by atoms with E-state index in [2.05, 4.69) is 29.4 Å². The first-order valence-electron chi connectivity index (χ1n) is 9.01. The number of carbonyl (C=O) groups excluding carboxylic acids is 2. The molecule has 0 atom stereocenters. The second kappa shape index (κ2) is 8.91. The molecule has 2 aromatic rings. The van der Waals surface area contributed by atoms with Gasteiger partial charge in [-0.25, -0.2) is 0 Å². The smallest absolute Gasteiger partial charge is 0.314 e. The van der Waals surface area contributed by atoms with Gasteiger partial charge in [-0.05, 0) is 75.6 Å². The minimum absolute atomic E-state index is 0.411. The fraction of sp³-hybridized carbons (Fsp3) is 0.333. The third-order valence-electron chi connectivity index (χ3n) is 4.46. The van der Waals surface area contributed by atoms with Crippen molar-refractivity contribution in [1.29, 1.82) is 0 Å². The van der Waals surface area contributed by atoms with Crippen molar-refractivity contribution in [3.05, 3.63) is 52.0 Å². The first kappa shape index (κ1) is 20.8. The first-order valence-corrected chi connectivity index (χ1v) is 9.39. The fourth-order valence-electron chi connectivity index (χ4n) is 3.00. The van der Waals surface area contributed by atoms with E-state index in [1.807, 2.05) is 45.0 Å². The van der Waals surface area contributed by atoms with E-state index in [-0.39, 0.29) is 0 Å². The molecule has 0 radical (unpaired) electrons. The predicted octanol–water partition coefficient (Wildman–Crippen LogP) is 4.69. The maximum atomic E-state index is 12.3. The first-order chi connectivity index (χ1) is 12.8. The van der Waals surface area contributed by atoms with Gasteiger partial charge in [0, 0.05) is 24.5 Å². The van der Waals surface area contributed by atoms with Crippen molar-refractivity contribution in [2.75, 3.05) is 28.6 Å². The number of hydrogen-bond acceptors (Lipinski definition) is 3. The zero-order valence-electron chi connectivity index (χ0n) is 16.4. The van der Waals surface area contributed by atoms with Gasteiger partial charge in [0.15, 0.2) is 0 Å². The summed E-state index contributed by atoms with van der Waals surface area (Å²) < 4.78 is 0. The van der Waals surface area contributed by atoms with Crippen LogP contribution in [0, 0.1) is 20.8 Å². The van der Waals surface area contributed by atoms with Crippen LogP contribution >= 0.6 is 11.6 Å². The largest absolute Gasteiger partial charge is 0.372 e. The van der Waals surface area contributed by atoms with Crippen LogP contribution in [0.5, 0.6) is 0 Å². The molecule has 0 bridgehead atoms. The van der Waals surface area contributed by atoms with Crippen molar-refractivity contribution in [3.63, 3.8) is 0 Å². The Morgan fingerprint density at radius 2 is 1.56 bits per heavy atom. The van der Waals surface area contributed by atoms with Crippen molar-refractivity contribution in [2.45, 2.75) is 34.6 Å². The standard InChI is InChI=1S/C21H26ClN3O2/c1-6-25(7-2)16-8-9-18(14(4)12-16)23-20(26)21(27)24-19-15(5)10-13(3)11-17(19)22/h8-12H,6-7H2,1-5H3,(H,23,26)(H,24,27). The summed E-state index contributed by atoms with van der Waals surface area (Å²) in [6.45, 7) is 11.7. The number of nitrogens with zero attached hydrogens (tertiary/aromatic N) is 1. The van der Waals surface area contributed by atoms with Gasteiger partial charge >= 0.3 is 11.8 Å². The molecule has 0 saturated heterocycles. The molecule has 0 saturated carbocycles. The van der Waals surface area contributed by atoms with Crippen LogP contribution in [0.3, 0.4) is 0 Å². The van der Waals surface area contributed by atoms with Gasteiger partial charge in [-0.2, -0.15) is 0 Å². The lowest BCUT2D eigenvalue weighted by atomic mass is 10.1. The van der Waals surface area contributed by atoms with E-state index in [1.165, 1.54) is 0 Å². The van der Waals surface area contributed by atoms with E-state index in [9.17, 15) is 9.59 Å². The molecular weight excluding hydrogens is 362 g/mol. The number of anilines is 3. The molecule has 2 N–H and O–H groups in total. The van der Waals surface area contributed by atoms with Crippen molar-refractivity contribution < 1.29 is 9.59 Å². The minimum Gasteiger partial charge on any atom is -0.372 e. The SMILES string of the molecule is CCN(CC)c1ccc(NC(=O)C(=O)Nc2c(C)cc(C)cc2Cl)c(C)c1. The van der Waals surface area contributed by atoms with Gasteiger partial charge in [0.25, 0.3) is 0 Å². The third kappa shape index (κ3) is 5.01. The molecule has 0 aliphatic heterocycles. The molecule has 0 unspecified atom stereocenters. The highest BCUT2D eigenvalue weighted by Gasteiger charge is 2.18. The second-order valence-electron chi connectivity index (χ2n) is 6.52. The summed E-state index contributed by atoms with van der Waals surface area (Å²) in [5.41, 5.74) is 4.84. The molecule has 0 heterocycles. The summed E-state index contributed by atoms with van der Waals surface area (Å²) in [6.07, 6.45) is 0. The number of hydrogen-bond donors (Lipinski definition) is 2. The monoisotopic (exact) mass is 387 g/mol. The van der Waals surface area contributed by atoms with E-state index in [0.29, 0.717) is 16.4 Å². The molecule has 0 spiro atoms. The molecule has 5 nitrogen and oxygen atoms in total. The van der Waals surface area contributed by atoms with Crippen LogP contribution < -0.4 is 15.5 Å². The Hall–Kier alpha value is -2.53. The minimum atomic E-state index is -0.754. The van der Waals surface area contributed by atoms with Crippen LogP contribution in [0.2, 0.25) is 5.02 Å². The van der Waals surface area contributed by atoms with E-state index >= 15 is 0 Å². The third-order valence-corrected chi connectivity index (χ3v) is 4.76. The van der Waals surface area contributed by atoms with E-state index in [4.69, 9.17) is 11.6 Å². The maximum Gasteiger partial charge on any atom is 0.314 e. The summed E-state index contributed by atoms with van der Waals surface area (Å²) >= 11 is 6.19. The Bertz CT molecular complexity index is 837. The number of rotatable bonds is 5. The number of carbonyl (C=O) groups is 2.